The second-order valence-electron chi connectivity index (χ2n) is 5.67. The lowest BCUT2D eigenvalue weighted by atomic mass is 10.1. The van der Waals surface area contributed by atoms with Crippen LogP contribution in [-0.2, 0) is 0 Å². The molecule has 1 N–H and O–H groups in total. The molecule has 1 saturated heterocycles. The second kappa shape index (κ2) is 6.43. The lowest BCUT2D eigenvalue weighted by molar-refractivity contribution is 0.524. The summed E-state index contributed by atoms with van der Waals surface area (Å²) in [4.78, 5) is 12.8. The summed E-state index contributed by atoms with van der Waals surface area (Å²) in [5.41, 5.74) is 0. The van der Waals surface area contributed by atoms with Crippen LogP contribution < -0.4 is 15.1 Å². The molecular weight excluding hydrogens is 298 g/mol. The van der Waals surface area contributed by atoms with Crippen LogP contribution >= 0.6 is 11.3 Å². The third kappa shape index (κ3) is 3.44. The minimum atomic E-state index is 0.440. The average molecular weight is 319 g/mol. The lowest BCUT2D eigenvalue weighted by Crippen LogP contribution is -2.39. The molecule has 0 unspecified atom stereocenters. The molecule has 118 valence electrons. The minimum Gasteiger partial charge on any atom is -0.367 e. The Kier molecular flexibility index (Phi) is 4.37. The van der Waals surface area contributed by atoms with Gasteiger partial charge >= 0.3 is 0 Å². The molecule has 8 heteroatoms. The first-order valence-corrected chi connectivity index (χ1v) is 8.24. The Morgan fingerprint density at radius 1 is 1.23 bits per heavy atom. The highest BCUT2D eigenvalue weighted by atomic mass is 32.1. The maximum atomic E-state index is 4.31. The van der Waals surface area contributed by atoms with Crippen molar-refractivity contribution in [2.45, 2.75) is 25.8 Å². The highest BCUT2D eigenvalue weighted by Crippen LogP contribution is 2.24. The molecule has 2 aromatic heterocycles. The Labute approximate surface area is 134 Å². The second-order valence-corrected chi connectivity index (χ2v) is 6.83. The van der Waals surface area contributed by atoms with E-state index in [9.17, 15) is 0 Å². The fourth-order valence-electron chi connectivity index (χ4n) is 2.51. The van der Waals surface area contributed by atoms with Gasteiger partial charge in [-0.25, -0.2) is 9.97 Å². The van der Waals surface area contributed by atoms with Crippen LogP contribution in [0.5, 0.6) is 0 Å². The van der Waals surface area contributed by atoms with Gasteiger partial charge in [0.2, 0.25) is 5.13 Å². The van der Waals surface area contributed by atoms with E-state index in [4.69, 9.17) is 0 Å². The molecule has 1 aliphatic heterocycles. The highest BCUT2D eigenvalue weighted by Gasteiger charge is 2.21. The normalized spacial score (nSPS) is 15.9. The van der Waals surface area contributed by atoms with Crippen molar-refractivity contribution in [2.75, 3.05) is 42.3 Å². The van der Waals surface area contributed by atoms with E-state index < -0.39 is 0 Å². The van der Waals surface area contributed by atoms with Crippen molar-refractivity contribution in [3.05, 3.63) is 17.4 Å². The quantitative estimate of drug-likeness (QED) is 0.921. The summed E-state index contributed by atoms with van der Waals surface area (Å²) in [5.74, 6) is 1.81. The monoisotopic (exact) mass is 319 g/mol. The van der Waals surface area contributed by atoms with Gasteiger partial charge in [0.25, 0.3) is 0 Å². The summed E-state index contributed by atoms with van der Waals surface area (Å²) >= 11 is 1.66. The van der Waals surface area contributed by atoms with Crippen LogP contribution in [0.3, 0.4) is 0 Å². The fraction of sp³-hybridized carbons (Fsp3) is 0.571. The lowest BCUT2D eigenvalue weighted by Gasteiger charge is -2.32. The van der Waals surface area contributed by atoms with Crippen molar-refractivity contribution in [1.82, 2.24) is 20.2 Å². The summed E-state index contributed by atoms with van der Waals surface area (Å²) in [6, 6.07) is 2.43. The summed E-state index contributed by atoms with van der Waals surface area (Å²) in [5, 5.41) is 13.9. The summed E-state index contributed by atoms with van der Waals surface area (Å²) in [7, 11) is 3.96. The molecule has 3 heterocycles. The van der Waals surface area contributed by atoms with E-state index in [2.05, 4.69) is 30.4 Å². The predicted octanol–water partition coefficient (Wildman–Crippen LogP) is 1.78. The van der Waals surface area contributed by atoms with Gasteiger partial charge in [0.15, 0.2) is 0 Å². The van der Waals surface area contributed by atoms with Crippen molar-refractivity contribution >= 4 is 28.1 Å². The van der Waals surface area contributed by atoms with Crippen LogP contribution in [-0.4, -0.2) is 53.4 Å². The first kappa shape index (κ1) is 15.0. The summed E-state index contributed by atoms with van der Waals surface area (Å²) < 4.78 is 0. The molecule has 0 amide bonds. The van der Waals surface area contributed by atoms with E-state index in [1.807, 2.05) is 32.0 Å². The van der Waals surface area contributed by atoms with Crippen molar-refractivity contribution in [1.29, 1.82) is 0 Å². The van der Waals surface area contributed by atoms with Crippen LogP contribution in [0.2, 0.25) is 0 Å². The van der Waals surface area contributed by atoms with E-state index in [-0.39, 0.29) is 0 Å². The van der Waals surface area contributed by atoms with Gasteiger partial charge in [0, 0.05) is 39.3 Å². The van der Waals surface area contributed by atoms with Crippen LogP contribution in [0.25, 0.3) is 0 Å². The molecule has 3 rings (SSSR count). The SMILES string of the molecule is Cc1nnc(N2CCC(Nc3cc(N(C)C)ncn3)CC2)s1. The predicted molar refractivity (Wildman–Crippen MR) is 89.9 cm³/mol. The zero-order valence-corrected chi connectivity index (χ0v) is 14.0. The summed E-state index contributed by atoms with van der Waals surface area (Å²) in [6.07, 6.45) is 3.75. The number of hydrogen-bond acceptors (Lipinski definition) is 8. The van der Waals surface area contributed by atoms with Gasteiger partial charge in [0.05, 0.1) is 0 Å². The maximum Gasteiger partial charge on any atom is 0.208 e. The van der Waals surface area contributed by atoms with Gasteiger partial charge in [-0.2, -0.15) is 0 Å². The largest absolute Gasteiger partial charge is 0.367 e. The average Bonchev–Trinajstić information content (AvgIpc) is 2.95. The molecule has 2 aromatic rings. The number of rotatable bonds is 4. The Morgan fingerprint density at radius 2 is 2.00 bits per heavy atom. The van der Waals surface area contributed by atoms with Crippen molar-refractivity contribution in [3.8, 4) is 0 Å². The Bertz CT molecular complexity index is 619. The Balaban J connectivity index is 1.57. The van der Waals surface area contributed by atoms with Gasteiger partial charge in [0.1, 0.15) is 23.0 Å². The van der Waals surface area contributed by atoms with Gasteiger partial charge in [-0.05, 0) is 19.8 Å². The Morgan fingerprint density at radius 3 is 2.64 bits per heavy atom. The zero-order chi connectivity index (χ0) is 15.5. The first-order chi connectivity index (χ1) is 10.6. The van der Waals surface area contributed by atoms with Gasteiger partial charge in [-0.1, -0.05) is 11.3 Å². The number of aryl methyl sites for hydroxylation is 1. The standard InChI is InChI=1S/C14H21N7S/c1-10-18-19-14(22-10)21-6-4-11(5-7-21)17-12-8-13(20(2)3)16-9-15-12/h8-9,11H,4-7H2,1-3H3,(H,15,16,17). The molecule has 1 aliphatic rings. The summed E-state index contributed by atoms with van der Waals surface area (Å²) in [6.45, 7) is 3.99. The number of nitrogens with zero attached hydrogens (tertiary/aromatic N) is 6. The van der Waals surface area contributed by atoms with Crippen LogP contribution in [0.15, 0.2) is 12.4 Å². The number of piperidine rings is 1. The van der Waals surface area contributed by atoms with Crippen molar-refractivity contribution < 1.29 is 0 Å². The van der Waals surface area contributed by atoms with E-state index >= 15 is 0 Å². The number of hydrogen-bond donors (Lipinski definition) is 1. The van der Waals surface area contributed by atoms with E-state index in [0.717, 1.165) is 47.7 Å². The fourth-order valence-corrected chi connectivity index (χ4v) is 3.25. The smallest absolute Gasteiger partial charge is 0.208 e. The molecule has 0 bridgehead atoms. The minimum absolute atomic E-state index is 0.440. The van der Waals surface area contributed by atoms with Crippen molar-refractivity contribution in [2.24, 2.45) is 0 Å². The third-order valence-electron chi connectivity index (χ3n) is 3.74. The molecule has 7 nitrogen and oxygen atoms in total. The first-order valence-electron chi connectivity index (χ1n) is 7.43. The zero-order valence-electron chi connectivity index (χ0n) is 13.2. The highest BCUT2D eigenvalue weighted by molar-refractivity contribution is 7.15. The van der Waals surface area contributed by atoms with Crippen molar-refractivity contribution in [3.63, 3.8) is 0 Å². The number of anilines is 3. The molecule has 0 atom stereocenters. The number of nitrogens with one attached hydrogen (secondary N) is 1. The maximum absolute atomic E-state index is 4.31. The third-order valence-corrected chi connectivity index (χ3v) is 4.64. The molecular formula is C14H21N7S. The molecule has 0 spiro atoms. The van der Waals surface area contributed by atoms with Gasteiger partial charge in [-0.3, -0.25) is 0 Å². The van der Waals surface area contributed by atoms with E-state index in [0.29, 0.717) is 6.04 Å². The van der Waals surface area contributed by atoms with Crippen LogP contribution in [0, 0.1) is 6.92 Å². The van der Waals surface area contributed by atoms with Crippen LogP contribution in [0.1, 0.15) is 17.8 Å². The molecule has 1 fully saturated rings. The van der Waals surface area contributed by atoms with E-state index in [1.165, 1.54) is 0 Å². The number of aromatic nitrogens is 4. The molecule has 0 aromatic carbocycles. The molecule has 0 radical (unpaired) electrons. The Hall–Kier alpha value is -1.96. The topological polar surface area (TPSA) is 70.1 Å². The van der Waals surface area contributed by atoms with Crippen LogP contribution in [0.4, 0.5) is 16.8 Å². The van der Waals surface area contributed by atoms with Gasteiger partial charge < -0.3 is 15.1 Å². The van der Waals surface area contributed by atoms with Gasteiger partial charge in [-0.15, -0.1) is 10.2 Å². The molecule has 22 heavy (non-hydrogen) atoms. The molecule has 0 saturated carbocycles. The van der Waals surface area contributed by atoms with E-state index in [1.54, 1.807) is 17.7 Å². The molecule has 0 aliphatic carbocycles.